The Labute approximate surface area is 186 Å². The summed E-state index contributed by atoms with van der Waals surface area (Å²) in [6, 6.07) is 14.2. The summed E-state index contributed by atoms with van der Waals surface area (Å²) in [6.07, 6.45) is 0.816. The zero-order chi connectivity index (χ0) is 22.1. The van der Waals surface area contributed by atoms with Crippen molar-refractivity contribution in [2.45, 2.75) is 45.8 Å². The third-order valence-corrected chi connectivity index (χ3v) is 5.38. The number of nitrogens with zero attached hydrogens (tertiary/aromatic N) is 1. The van der Waals surface area contributed by atoms with Gasteiger partial charge in [0.15, 0.2) is 18.1 Å². The predicted octanol–water partition coefficient (Wildman–Crippen LogP) is 4.17. The van der Waals surface area contributed by atoms with Crippen LogP contribution in [0.25, 0.3) is 0 Å². The molecular weight excluding hydrogens is 448 g/mol. The molecule has 0 unspecified atom stereocenters. The first-order valence-electron chi connectivity index (χ1n) is 9.95. The Kier molecular flexibility index (Phi) is 9.17. The van der Waals surface area contributed by atoms with E-state index < -0.39 is 6.04 Å². The van der Waals surface area contributed by atoms with Crippen LogP contribution in [0.5, 0.6) is 11.5 Å². The highest BCUT2D eigenvalue weighted by Gasteiger charge is 2.27. The van der Waals surface area contributed by atoms with Gasteiger partial charge in [-0.15, -0.1) is 0 Å². The number of hydrogen-bond donors (Lipinski definition) is 1. The fourth-order valence-electron chi connectivity index (χ4n) is 2.80. The average molecular weight is 477 g/mol. The highest BCUT2D eigenvalue weighted by atomic mass is 79.9. The summed E-state index contributed by atoms with van der Waals surface area (Å²) in [5.74, 6) is 0.559. The van der Waals surface area contributed by atoms with E-state index >= 15 is 0 Å². The molecule has 0 aromatic heterocycles. The molecule has 0 aliphatic heterocycles. The number of benzene rings is 2. The molecule has 2 rings (SSSR count). The topological polar surface area (TPSA) is 67.9 Å². The van der Waals surface area contributed by atoms with Crippen molar-refractivity contribution in [2.75, 3.05) is 13.7 Å². The third-order valence-electron chi connectivity index (χ3n) is 4.85. The first-order valence-corrected chi connectivity index (χ1v) is 10.7. The molecule has 2 aromatic rings. The Balaban J connectivity index is 2.17. The molecule has 0 aliphatic carbocycles. The lowest BCUT2D eigenvalue weighted by molar-refractivity contribution is -0.142. The Morgan fingerprint density at radius 2 is 1.70 bits per heavy atom. The number of para-hydroxylation sites is 2. The molecule has 6 nitrogen and oxygen atoms in total. The van der Waals surface area contributed by atoms with E-state index in [0.29, 0.717) is 18.0 Å². The third kappa shape index (κ3) is 6.76. The zero-order valence-electron chi connectivity index (χ0n) is 17.9. The summed E-state index contributed by atoms with van der Waals surface area (Å²) in [5, 5.41) is 2.95. The van der Waals surface area contributed by atoms with Crippen molar-refractivity contribution in [3.63, 3.8) is 0 Å². The van der Waals surface area contributed by atoms with Crippen molar-refractivity contribution in [2.24, 2.45) is 0 Å². The lowest BCUT2D eigenvalue weighted by Gasteiger charge is -2.29. The Bertz CT molecular complexity index is 841. The minimum Gasteiger partial charge on any atom is -0.493 e. The van der Waals surface area contributed by atoms with Gasteiger partial charge in [-0.05, 0) is 50.1 Å². The van der Waals surface area contributed by atoms with Crippen LogP contribution in [0.1, 0.15) is 32.8 Å². The quantitative estimate of drug-likeness (QED) is 0.558. The van der Waals surface area contributed by atoms with E-state index in [1.165, 1.54) is 4.90 Å². The number of nitrogens with one attached hydrogen (secondary N) is 1. The summed E-state index contributed by atoms with van der Waals surface area (Å²) in [7, 11) is 1.55. The maximum atomic E-state index is 13.1. The first kappa shape index (κ1) is 23.7. The van der Waals surface area contributed by atoms with E-state index in [9.17, 15) is 9.59 Å². The SMILES string of the molecule is CC[C@H](C)NC(=O)[C@@H](C)N(Cc1ccc(Br)cc1)C(=O)COc1ccccc1OC. The van der Waals surface area contributed by atoms with E-state index in [2.05, 4.69) is 21.2 Å². The van der Waals surface area contributed by atoms with Crippen LogP contribution in [-0.4, -0.2) is 42.5 Å². The van der Waals surface area contributed by atoms with Gasteiger partial charge in [0, 0.05) is 17.1 Å². The minimum absolute atomic E-state index is 0.0365. The molecule has 0 fully saturated rings. The molecule has 0 spiro atoms. The summed E-state index contributed by atoms with van der Waals surface area (Å²) in [5.41, 5.74) is 0.923. The van der Waals surface area contributed by atoms with Gasteiger partial charge in [0.2, 0.25) is 5.91 Å². The van der Waals surface area contributed by atoms with Gasteiger partial charge in [-0.3, -0.25) is 9.59 Å². The number of carbonyl (C=O) groups is 2. The van der Waals surface area contributed by atoms with Gasteiger partial charge in [-0.2, -0.15) is 0 Å². The number of halogens is 1. The second kappa shape index (κ2) is 11.6. The van der Waals surface area contributed by atoms with Crippen LogP contribution < -0.4 is 14.8 Å². The number of hydrogen-bond acceptors (Lipinski definition) is 4. The molecule has 0 saturated carbocycles. The van der Waals surface area contributed by atoms with Gasteiger partial charge in [0.25, 0.3) is 5.91 Å². The molecule has 2 aromatic carbocycles. The molecule has 0 aliphatic rings. The van der Waals surface area contributed by atoms with Crippen molar-refractivity contribution in [1.29, 1.82) is 0 Å². The van der Waals surface area contributed by atoms with Crippen LogP contribution in [0.2, 0.25) is 0 Å². The van der Waals surface area contributed by atoms with Crippen molar-refractivity contribution in [3.8, 4) is 11.5 Å². The van der Waals surface area contributed by atoms with Gasteiger partial charge in [0.05, 0.1) is 7.11 Å². The van der Waals surface area contributed by atoms with Gasteiger partial charge in [-0.25, -0.2) is 0 Å². The molecule has 2 atom stereocenters. The molecule has 162 valence electrons. The molecular formula is C23H29BrN2O4. The highest BCUT2D eigenvalue weighted by Crippen LogP contribution is 2.26. The second-order valence-electron chi connectivity index (χ2n) is 7.08. The highest BCUT2D eigenvalue weighted by molar-refractivity contribution is 9.10. The predicted molar refractivity (Wildman–Crippen MR) is 121 cm³/mol. The molecule has 1 N–H and O–H groups in total. The minimum atomic E-state index is -0.642. The van der Waals surface area contributed by atoms with Crippen LogP contribution in [0.15, 0.2) is 53.0 Å². The molecule has 30 heavy (non-hydrogen) atoms. The van der Waals surface area contributed by atoms with Gasteiger partial charge >= 0.3 is 0 Å². The number of amides is 2. The second-order valence-corrected chi connectivity index (χ2v) is 8.00. The first-order chi connectivity index (χ1) is 14.3. The average Bonchev–Trinajstić information content (AvgIpc) is 2.76. The van der Waals surface area contributed by atoms with E-state index in [0.717, 1.165) is 16.5 Å². The number of rotatable bonds is 10. The Morgan fingerprint density at radius 3 is 2.30 bits per heavy atom. The fraction of sp³-hybridized carbons (Fsp3) is 0.391. The maximum Gasteiger partial charge on any atom is 0.261 e. The monoisotopic (exact) mass is 476 g/mol. The summed E-state index contributed by atoms with van der Waals surface area (Å²) in [4.78, 5) is 27.3. The van der Waals surface area contributed by atoms with Gasteiger partial charge in [0.1, 0.15) is 6.04 Å². The van der Waals surface area contributed by atoms with Gasteiger partial charge < -0.3 is 19.7 Å². The van der Waals surface area contributed by atoms with Gasteiger partial charge in [-0.1, -0.05) is 47.1 Å². The fourth-order valence-corrected chi connectivity index (χ4v) is 3.06. The van der Waals surface area contributed by atoms with Crippen LogP contribution >= 0.6 is 15.9 Å². The Morgan fingerprint density at radius 1 is 1.07 bits per heavy atom. The summed E-state index contributed by atoms with van der Waals surface area (Å²) < 4.78 is 11.9. The molecule has 0 radical (unpaired) electrons. The van der Waals surface area contributed by atoms with Crippen molar-refractivity contribution < 1.29 is 19.1 Å². The largest absolute Gasteiger partial charge is 0.493 e. The Hall–Kier alpha value is -2.54. The van der Waals surface area contributed by atoms with Crippen LogP contribution in [-0.2, 0) is 16.1 Å². The molecule has 0 bridgehead atoms. The normalized spacial score (nSPS) is 12.6. The molecule has 0 saturated heterocycles. The van der Waals surface area contributed by atoms with Crippen molar-refractivity contribution >= 4 is 27.7 Å². The van der Waals surface area contributed by atoms with Crippen LogP contribution in [0, 0.1) is 0 Å². The van der Waals surface area contributed by atoms with Crippen molar-refractivity contribution in [3.05, 3.63) is 58.6 Å². The van der Waals surface area contributed by atoms with E-state index in [-0.39, 0.29) is 24.5 Å². The number of ether oxygens (including phenoxy) is 2. The maximum absolute atomic E-state index is 13.1. The van der Waals surface area contributed by atoms with Crippen LogP contribution in [0.3, 0.4) is 0 Å². The number of carbonyl (C=O) groups excluding carboxylic acids is 2. The lowest BCUT2D eigenvalue weighted by atomic mass is 10.1. The summed E-state index contributed by atoms with van der Waals surface area (Å²) >= 11 is 3.42. The van der Waals surface area contributed by atoms with Crippen LogP contribution in [0.4, 0.5) is 0 Å². The number of methoxy groups -OCH3 is 1. The van der Waals surface area contributed by atoms with E-state index in [4.69, 9.17) is 9.47 Å². The van der Waals surface area contributed by atoms with Crippen molar-refractivity contribution in [1.82, 2.24) is 10.2 Å². The standard InChI is InChI=1S/C23H29BrN2O4/c1-5-16(2)25-23(28)17(3)26(14-18-10-12-19(24)13-11-18)22(27)15-30-21-9-7-6-8-20(21)29-4/h6-13,16-17H,5,14-15H2,1-4H3,(H,25,28)/t16-,17+/m0/s1. The van der Waals surface area contributed by atoms with E-state index in [1.807, 2.05) is 50.2 Å². The molecule has 2 amide bonds. The lowest BCUT2D eigenvalue weighted by Crippen LogP contribution is -2.50. The smallest absolute Gasteiger partial charge is 0.261 e. The zero-order valence-corrected chi connectivity index (χ0v) is 19.4. The molecule has 0 heterocycles. The molecule has 7 heteroatoms. The van der Waals surface area contributed by atoms with E-state index in [1.54, 1.807) is 26.2 Å². The summed E-state index contributed by atoms with van der Waals surface area (Å²) in [6.45, 7) is 5.78.